The van der Waals surface area contributed by atoms with Crippen LogP contribution in [0.1, 0.15) is 12.5 Å². The van der Waals surface area contributed by atoms with Crippen molar-refractivity contribution in [2.24, 2.45) is 10.8 Å². The fourth-order valence-corrected chi connectivity index (χ4v) is 1.06. The first-order valence-corrected chi connectivity index (χ1v) is 4.69. The number of nitrogens with zero attached hydrogens (tertiary/aromatic N) is 1. The molecule has 0 fully saturated rings. The van der Waals surface area contributed by atoms with Crippen molar-refractivity contribution in [1.29, 1.82) is 0 Å². The Balaban J connectivity index is 2.74. The van der Waals surface area contributed by atoms with Gasteiger partial charge < -0.3 is 10.5 Å². The summed E-state index contributed by atoms with van der Waals surface area (Å²) in [5.41, 5.74) is 8.76. The van der Waals surface area contributed by atoms with Crippen LogP contribution in [0.5, 0.6) is 5.75 Å². The smallest absolute Gasteiger partial charge is 0.128 e. The van der Waals surface area contributed by atoms with Crippen molar-refractivity contribution in [3.63, 3.8) is 0 Å². The van der Waals surface area contributed by atoms with Gasteiger partial charge in [-0.25, -0.2) is 0 Å². The average Bonchev–Trinajstić information content (AvgIpc) is 2.20. The number of rotatable bonds is 5. The van der Waals surface area contributed by atoms with Crippen molar-refractivity contribution in [3.8, 4) is 5.75 Å². The molecule has 0 bridgehead atoms. The summed E-state index contributed by atoms with van der Waals surface area (Å²) in [6.45, 7) is 6.03. The van der Waals surface area contributed by atoms with E-state index in [0.29, 0.717) is 12.4 Å². The summed E-state index contributed by atoms with van der Waals surface area (Å²) in [5, 5.41) is 3.90. The van der Waals surface area contributed by atoms with Crippen LogP contribution in [0.4, 0.5) is 0 Å². The molecule has 0 heterocycles. The summed E-state index contributed by atoms with van der Waals surface area (Å²) in [4.78, 5) is 0. The Hall–Kier alpha value is -1.97. The fraction of sp³-hybridized carbons (Fsp3) is 0.182. The number of benzene rings is 1. The Kier molecular flexibility index (Phi) is 4.22. The minimum absolute atomic E-state index is 0.306. The molecule has 0 unspecified atom stereocenters. The van der Waals surface area contributed by atoms with E-state index in [1.807, 2.05) is 31.2 Å². The molecule has 1 aromatic rings. The van der Waals surface area contributed by atoms with Crippen LogP contribution in [-0.4, -0.2) is 12.8 Å². The maximum absolute atomic E-state index is 5.42. The number of ether oxygens (including phenoxy) is 1. The maximum Gasteiger partial charge on any atom is 0.128 e. The molecule has 4 heteroatoms. The highest BCUT2D eigenvalue weighted by molar-refractivity contribution is 5.83. The van der Waals surface area contributed by atoms with E-state index in [9.17, 15) is 0 Å². The number of nitrogens with one attached hydrogen (secondary N) is 1. The van der Waals surface area contributed by atoms with E-state index < -0.39 is 0 Å². The minimum Gasteiger partial charge on any atom is -0.493 e. The van der Waals surface area contributed by atoms with Gasteiger partial charge in [-0.05, 0) is 19.1 Å². The molecule has 0 saturated heterocycles. The van der Waals surface area contributed by atoms with Crippen LogP contribution in [0.15, 0.2) is 41.8 Å². The third kappa shape index (κ3) is 3.72. The molecule has 1 rings (SSSR count). The van der Waals surface area contributed by atoms with Crippen LogP contribution in [0, 0.1) is 0 Å². The molecule has 0 aliphatic carbocycles. The predicted octanol–water partition coefficient (Wildman–Crippen LogP) is 1.44. The number of nitrogens with two attached hydrogens (primary N) is 1. The molecule has 15 heavy (non-hydrogen) atoms. The molecule has 0 aliphatic heterocycles. The lowest BCUT2D eigenvalue weighted by Crippen LogP contribution is -2.12. The summed E-state index contributed by atoms with van der Waals surface area (Å²) >= 11 is 0. The van der Waals surface area contributed by atoms with Gasteiger partial charge in [-0.2, -0.15) is 5.10 Å². The Labute approximate surface area is 89.4 Å². The third-order valence-corrected chi connectivity index (χ3v) is 1.63. The second-order valence-corrected chi connectivity index (χ2v) is 2.87. The predicted molar refractivity (Wildman–Crippen MR) is 61.7 cm³/mol. The van der Waals surface area contributed by atoms with Gasteiger partial charge in [0.1, 0.15) is 11.6 Å². The van der Waals surface area contributed by atoms with Crippen molar-refractivity contribution < 1.29 is 4.74 Å². The first-order valence-electron chi connectivity index (χ1n) is 4.69. The molecule has 3 N–H and O–H groups in total. The summed E-state index contributed by atoms with van der Waals surface area (Å²) in [6.07, 6.45) is 1.64. The van der Waals surface area contributed by atoms with E-state index in [-0.39, 0.29) is 0 Å². The first kappa shape index (κ1) is 11.1. The summed E-state index contributed by atoms with van der Waals surface area (Å²) in [7, 11) is 0. The zero-order chi connectivity index (χ0) is 11.1. The Morgan fingerprint density at radius 1 is 1.60 bits per heavy atom. The van der Waals surface area contributed by atoms with Gasteiger partial charge in [0, 0.05) is 5.56 Å². The molecule has 0 spiro atoms. The Morgan fingerprint density at radius 2 is 2.33 bits per heavy atom. The molecular weight excluding hydrogens is 190 g/mol. The van der Waals surface area contributed by atoms with Crippen molar-refractivity contribution in [1.82, 2.24) is 5.43 Å². The average molecular weight is 205 g/mol. The van der Waals surface area contributed by atoms with Gasteiger partial charge >= 0.3 is 0 Å². The van der Waals surface area contributed by atoms with Crippen molar-refractivity contribution in [2.45, 2.75) is 6.92 Å². The molecule has 0 atom stereocenters. The quantitative estimate of drug-likeness (QED) is 0.565. The summed E-state index contributed by atoms with van der Waals surface area (Å²) in [5.74, 6) is 1.10. The van der Waals surface area contributed by atoms with Crippen molar-refractivity contribution in [2.75, 3.05) is 6.61 Å². The highest BCUT2D eigenvalue weighted by atomic mass is 16.5. The lowest BCUT2D eigenvalue weighted by Gasteiger charge is -2.05. The minimum atomic E-state index is 0.306. The second kappa shape index (κ2) is 5.70. The van der Waals surface area contributed by atoms with Crippen LogP contribution in [-0.2, 0) is 0 Å². The molecule has 0 amide bonds. The molecular formula is C11H15N3O. The van der Waals surface area contributed by atoms with Crippen molar-refractivity contribution in [3.05, 3.63) is 42.2 Å². The van der Waals surface area contributed by atoms with E-state index in [2.05, 4.69) is 17.1 Å². The summed E-state index contributed by atoms with van der Waals surface area (Å²) in [6, 6.07) is 7.64. The van der Waals surface area contributed by atoms with Crippen LogP contribution < -0.4 is 15.9 Å². The molecule has 80 valence electrons. The SMILES string of the molecule is C=C(N)N/N=C/c1ccccc1OCC. The largest absolute Gasteiger partial charge is 0.493 e. The van der Waals surface area contributed by atoms with Crippen LogP contribution in [0.2, 0.25) is 0 Å². The first-order chi connectivity index (χ1) is 7.24. The standard InChI is InChI=1S/C11H15N3O/c1-3-15-11-7-5-4-6-10(11)8-13-14-9(2)12/h4-8,14H,2-3,12H2,1H3/b13-8+. The highest BCUT2D eigenvalue weighted by Gasteiger charge is 1.97. The normalized spacial score (nSPS) is 10.2. The van der Waals surface area contributed by atoms with Gasteiger partial charge in [0.2, 0.25) is 0 Å². The van der Waals surface area contributed by atoms with Gasteiger partial charge in [0.05, 0.1) is 12.8 Å². The van der Waals surface area contributed by atoms with E-state index in [1.54, 1.807) is 6.21 Å². The van der Waals surface area contributed by atoms with Gasteiger partial charge in [0.15, 0.2) is 0 Å². The number of hydrogen-bond donors (Lipinski definition) is 2. The van der Waals surface area contributed by atoms with E-state index in [1.165, 1.54) is 0 Å². The number of para-hydroxylation sites is 1. The van der Waals surface area contributed by atoms with Crippen LogP contribution in [0.3, 0.4) is 0 Å². The lowest BCUT2D eigenvalue weighted by molar-refractivity contribution is 0.340. The Morgan fingerprint density at radius 3 is 3.00 bits per heavy atom. The zero-order valence-corrected chi connectivity index (χ0v) is 8.73. The zero-order valence-electron chi connectivity index (χ0n) is 8.73. The molecule has 4 nitrogen and oxygen atoms in total. The van der Waals surface area contributed by atoms with E-state index >= 15 is 0 Å². The number of hydrogen-bond acceptors (Lipinski definition) is 4. The van der Waals surface area contributed by atoms with Crippen molar-refractivity contribution >= 4 is 6.21 Å². The second-order valence-electron chi connectivity index (χ2n) is 2.87. The monoisotopic (exact) mass is 205 g/mol. The van der Waals surface area contributed by atoms with E-state index in [4.69, 9.17) is 10.5 Å². The Bertz CT molecular complexity index is 361. The molecule has 1 aromatic carbocycles. The van der Waals surface area contributed by atoms with Gasteiger partial charge in [-0.15, -0.1) is 0 Å². The maximum atomic E-state index is 5.42. The molecule has 0 saturated carbocycles. The molecule has 0 radical (unpaired) electrons. The van der Waals surface area contributed by atoms with Gasteiger partial charge in [0.25, 0.3) is 0 Å². The lowest BCUT2D eigenvalue weighted by atomic mass is 10.2. The topological polar surface area (TPSA) is 59.6 Å². The number of hydrazone groups is 1. The van der Waals surface area contributed by atoms with Crippen LogP contribution >= 0.6 is 0 Å². The van der Waals surface area contributed by atoms with Gasteiger partial charge in [-0.3, -0.25) is 5.43 Å². The highest BCUT2D eigenvalue weighted by Crippen LogP contribution is 2.15. The van der Waals surface area contributed by atoms with Gasteiger partial charge in [-0.1, -0.05) is 18.7 Å². The van der Waals surface area contributed by atoms with Crippen LogP contribution in [0.25, 0.3) is 0 Å². The van der Waals surface area contributed by atoms with E-state index in [0.717, 1.165) is 11.3 Å². The molecule has 0 aromatic heterocycles. The summed E-state index contributed by atoms with van der Waals surface area (Å²) < 4.78 is 5.42. The fourth-order valence-electron chi connectivity index (χ4n) is 1.06. The third-order valence-electron chi connectivity index (χ3n) is 1.63. The molecule has 0 aliphatic rings.